The number of carbonyl (C=O) groups is 2. The molecule has 0 bridgehead atoms. The molecule has 9 heteroatoms. The number of hydrogen-bond acceptors (Lipinski definition) is 7. The first-order valence-corrected chi connectivity index (χ1v) is 11.6. The van der Waals surface area contributed by atoms with Crippen LogP contribution < -0.4 is 9.47 Å². The number of Topliss-reactive ketones (excluding diaryl/α,β-unsaturated/α-hetero) is 1. The molecule has 1 atom stereocenters. The van der Waals surface area contributed by atoms with Crippen molar-refractivity contribution in [2.45, 2.75) is 26.8 Å². The van der Waals surface area contributed by atoms with Crippen molar-refractivity contribution >= 4 is 17.4 Å². The van der Waals surface area contributed by atoms with Crippen LogP contribution in [0.25, 0.3) is 5.76 Å². The predicted octanol–water partition coefficient (Wildman–Crippen LogP) is 3.70. The van der Waals surface area contributed by atoms with Gasteiger partial charge in [0.05, 0.1) is 30.9 Å². The molecule has 2 aromatic rings. The van der Waals surface area contributed by atoms with Gasteiger partial charge in [0.15, 0.2) is 11.5 Å². The summed E-state index contributed by atoms with van der Waals surface area (Å²) in [6.07, 6.45) is 0. The molecular formula is C26H31FN2O6. The maximum atomic E-state index is 14.1. The lowest BCUT2D eigenvalue weighted by molar-refractivity contribution is -0.140. The number of likely N-dealkylation sites (N-methyl/N-ethyl adjacent to an activating group) is 1. The van der Waals surface area contributed by atoms with E-state index in [0.717, 1.165) is 19.2 Å². The van der Waals surface area contributed by atoms with Crippen molar-refractivity contribution in [3.8, 4) is 17.2 Å². The molecule has 2 aromatic carbocycles. The summed E-state index contributed by atoms with van der Waals surface area (Å²) < 4.78 is 24.8. The molecule has 1 aliphatic rings. The van der Waals surface area contributed by atoms with Gasteiger partial charge in [-0.3, -0.25) is 9.59 Å². The number of hydrogen-bond donors (Lipinski definition) is 2. The first-order valence-electron chi connectivity index (χ1n) is 11.6. The van der Waals surface area contributed by atoms with Crippen molar-refractivity contribution in [1.29, 1.82) is 0 Å². The van der Waals surface area contributed by atoms with Crippen LogP contribution in [0.1, 0.15) is 37.9 Å². The van der Waals surface area contributed by atoms with Gasteiger partial charge in [-0.05, 0) is 55.9 Å². The van der Waals surface area contributed by atoms with Crippen molar-refractivity contribution in [3.05, 3.63) is 58.9 Å². The molecule has 1 amide bonds. The Bertz CT molecular complexity index is 1130. The average molecular weight is 487 g/mol. The number of phenolic OH excluding ortho intramolecular Hbond substituents is 1. The van der Waals surface area contributed by atoms with E-state index in [0.29, 0.717) is 18.7 Å². The van der Waals surface area contributed by atoms with Crippen LogP contribution in [0.15, 0.2) is 42.0 Å². The van der Waals surface area contributed by atoms with Gasteiger partial charge in [-0.2, -0.15) is 0 Å². The largest absolute Gasteiger partial charge is 0.507 e. The van der Waals surface area contributed by atoms with Crippen molar-refractivity contribution in [2.75, 3.05) is 39.9 Å². The fraction of sp³-hybridized carbons (Fsp3) is 0.385. The molecule has 1 aliphatic heterocycles. The lowest BCUT2D eigenvalue weighted by Gasteiger charge is -2.28. The van der Waals surface area contributed by atoms with Crippen LogP contribution in [-0.4, -0.2) is 71.6 Å². The molecule has 188 valence electrons. The SMILES string of the molecule is CCOc1cc(C2/C(=C(\O)c3cc(F)ccc3OC)C(=O)C(=O)N2CCN(CC)CC)ccc1O. The molecular weight excluding hydrogens is 455 g/mol. The number of ether oxygens (including phenoxy) is 2. The van der Waals surface area contributed by atoms with Crippen LogP contribution in [0.5, 0.6) is 17.2 Å². The molecule has 1 fully saturated rings. The maximum absolute atomic E-state index is 14.1. The summed E-state index contributed by atoms with van der Waals surface area (Å²) in [5.41, 5.74) is 0.233. The molecule has 8 nitrogen and oxygen atoms in total. The zero-order valence-corrected chi connectivity index (χ0v) is 20.4. The maximum Gasteiger partial charge on any atom is 0.295 e. The molecule has 0 aromatic heterocycles. The lowest BCUT2D eigenvalue weighted by Crippen LogP contribution is -2.38. The van der Waals surface area contributed by atoms with E-state index in [4.69, 9.17) is 9.47 Å². The minimum absolute atomic E-state index is 0.0388. The van der Waals surface area contributed by atoms with Crippen LogP contribution in [0, 0.1) is 5.82 Å². The van der Waals surface area contributed by atoms with Crippen LogP contribution >= 0.6 is 0 Å². The smallest absolute Gasteiger partial charge is 0.295 e. The second kappa shape index (κ2) is 11.2. The topological polar surface area (TPSA) is 99.5 Å². The van der Waals surface area contributed by atoms with E-state index in [1.54, 1.807) is 13.0 Å². The number of phenols is 1. The molecule has 1 unspecified atom stereocenters. The van der Waals surface area contributed by atoms with Gasteiger partial charge in [-0.15, -0.1) is 0 Å². The summed E-state index contributed by atoms with van der Waals surface area (Å²) in [5, 5.41) is 21.4. The van der Waals surface area contributed by atoms with E-state index in [9.17, 15) is 24.2 Å². The Balaban J connectivity index is 2.20. The van der Waals surface area contributed by atoms with Gasteiger partial charge in [0, 0.05) is 13.1 Å². The highest BCUT2D eigenvalue weighted by atomic mass is 19.1. The van der Waals surface area contributed by atoms with Gasteiger partial charge in [0.1, 0.15) is 17.3 Å². The minimum Gasteiger partial charge on any atom is -0.507 e. The average Bonchev–Trinajstić information content (AvgIpc) is 3.10. The molecule has 0 spiro atoms. The number of halogens is 1. The highest BCUT2D eigenvalue weighted by Gasteiger charge is 2.46. The Morgan fingerprint density at radius 2 is 1.80 bits per heavy atom. The predicted molar refractivity (Wildman–Crippen MR) is 129 cm³/mol. The van der Waals surface area contributed by atoms with Crippen LogP contribution in [0.3, 0.4) is 0 Å². The monoisotopic (exact) mass is 486 g/mol. The van der Waals surface area contributed by atoms with E-state index in [1.165, 1.54) is 36.3 Å². The fourth-order valence-electron chi connectivity index (χ4n) is 4.23. The zero-order chi connectivity index (χ0) is 25.7. The van der Waals surface area contributed by atoms with Gasteiger partial charge in [-0.25, -0.2) is 4.39 Å². The molecule has 1 heterocycles. The zero-order valence-electron chi connectivity index (χ0n) is 20.4. The number of aromatic hydroxyl groups is 1. The quantitative estimate of drug-likeness (QED) is 0.300. The third-order valence-corrected chi connectivity index (χ3v) is 6.11. The third-order valence-electron chi connectivity index (χ3n) is 6.11. The summed E-state index contributed by atoms with van der Waals surface area (Å²) >= 11 is 0. The number of methoxy groups -OCH3 is 1. The number of amides is 1. The molecule has 0 radical (unpaired) electrons. The molecule has 0 saturated carbocycles. The highest BCUT2D eigenvalue weighted by molar-refractivity contribution is 6.46. The number of ketones is 1. The van der Waals surface area contributed by atoms with Gasteiger partial charge in [0.25, 0.3) is 11.7 Å². The van der Waals surface area contributed by atoms with Gasteiger partial charge in [0.2, 0.25) is 0 Å². The van der Waals surface area contributed by atoms with Crippen molar-refractivity contribution in [2.24, 2.45) is 0 Å². The summed E-state index contributed by atoms with van der Waals surface area (Å²) in [5.74, 6) is -2.60. The summed E-state index contributed by atoms with van der Waals surface area (Å²) in [6.45, 7) is 8.31. The first-order chi connectivity index (χ1) is 16.8. The summed E-state index contributed by atoms with van der Waals surface area (Å²) in [4.78, 5) is 29.9. The molecule has 2 N–H and O–H groups in total. The Morgan fingerprint density at radius 1 is 1.09 bits per heavy atom. The first kappa shape index (κ1) is 26.0. The minimum atomic E-state index is -0.974. The fourth-order valence-corrected chi connectivity index (χ4v) is 4.23. The molecule has 35 heavy (non-hydrogen) atoms. The van der Waals surface area contributed by atoms with Crippen molar-refractivity contribution < 1.29 is 33.7 Å². The summed E-state index contributed by atoms with van der Waals surface area (Å²) in [6, 6.07) is 7.10. The Labute approximate surface area is 204 Å². The van der Waals surface area contributed by atoms with Crippen molar-refractivity contribution in [3.63, 3.8) is 0 Å². The number of benzene rings is 2. The molecule has 3 rings (SSSR count). The number of likely N-dealkylation sites (tertiary alicyclic amines) is 1. The van der Waals surface area contributed by atoms with E-state index in [2.05, 4.69) is 4.90 Å². The highest BCUT2D eigenvalue weighted by Crippen LogP contribution is 2.42. The Kier molecular flexibility index (Phi) is 8.34. The number of aliphatic hydroxyl groups is 1. The van der Waals surface area contributed by atoms with Gasteiger partial charge in [-0.1, -0.05) is 19.9 Å². The molecule has 1 saturated heterocycles. The second-order valence-corrected chi connectivity index (χ2v) is 8.02. The van der Waals surface area contributed by atoms with Gasteiger partial charge < -0.3 is 29.5 Å². The molecule has 0 aliphatic carbocycles. The normalized spacial score (nSPS) is 17.3. The Hall–Kier alpha value is -3.59. The van der Waals surface area contributed by atoms with Crippen molar-refractivity contribution in [1.82, 2.24) is 9.80 Å². The van der Waals surface area contributed by atoms with E-state index < -0.39 is 29.3 Å². The van der Waals surface area contributed by atoms with E-state index >= 15 is 0 Å². The van der Waals surface area contributed by atoms with Crippen LogP contribution in [-0.2, 0) is 9.59 Å². The van der Waals surface area contributed by atoms with Crippen LogP contribution in [0.4, 0.5) is 4.39 Å². The summed E-state index contributed by atoms with van der Waals surface area (Å²) in [7, 11) is 1.36. The lowest BCUT2D eigenvalue weighted by atomic mass is 9.94. The standard InChI is InChI=1S/C26H31FN2O6/c1-5-28(6-2)12-13-29-23(16-8-10-19(30)21(14-16)35-7-3)22(25(32)26(29)33)24(31)18-15-17(27)9-11-20(18)34-4/h8-11,14-15,23,30-31H,5-7,12-13H2,1-4H3/b24-22+. The number of nitrogens with zero attached hydrogens (tertiary/aromatic N) is 2. The number of rotatable bonds is 10. The van der Waals surface area contributed by atoms with Gasteiger partial charge >= 0.3 is 0 Å². The van der Waals surface area contributed by atoms with E-state index in [1.807, 2.05) is 13.8 Å². The van der Waals surface area contributed by atoms with E-state index in [-0.39, 0.29) is 34.9 Å². The van der Waals surface area contributed by atoms with Crippen LogP contribution in [0.2, 0.25) is 0 Å². The number of carbonyl (C=O) groups excluding carboxylic acids is 2. The Morgan fingerprint density at radius 3 is 2.43 bits per heavy atom. The third kappa shape index (κ3) is 5.24. The number of aliphatic hydroxyl groups excluding tert-OH is 1. The second-order valence-electron chi connectivity index (χ2n) is 8.02.